The van der Waals surface area contributed by atoms with Gasteiger partial charge in [0.1, 0.15) is 0 Å². The number of methoxy groups -OCH3 is 2. The highest BCUT2D eigenvalue weighted by atomic mass is 16.5. The molecule has 0 radical (unpaired) electrons. The molecule has 4 nitrogen and oxygen atoms in total. The number of carbonyl (C=O) groups is 2. The normalized spacial score (nSPS) is 27.1. The van der Waals surface area contributed by atoms with Crippen LogP contribution >= 0.6 is 0 Å². The average molecular weight is 455 g/mol. The molecule has 0 saturated heterocycles. The zero-order valence-electron chi connectivity index (χ0n) is 19.8. The second-order valence-corrected chi connectivity index (χ2v) is 10.7. The Morgan fingerprint density at radius 3 is 1.91 bits per heavy atom. The van der Waals surface area contributed by atoms with Gasteiger partial charge in [-0.3, -0.25) is 0 Å². The maximum Gasteiger partial charge on any atom is 0.338 e. The Balaban J connectivity index is 1.44. The fraction of sp³-hybridized carbons (Fsp3) is 0.400. The number of rotatable bonds is 4. The third-order valence-electron chi connectivity index (χ3n) is 8.63. The van der Waals surface area contributed by atoms with Gasteiger partial charge in [0.05, 0.1) is 25.3 Å². The minimum Gasteiger partial charge on any atom is -0.465 e. The molecule has 4 fully saturated rings. The van der Waals surface area contributed by atoms with Crippen LogP contribution in [0.2, 0.25) is 0 Å². The quantitative estimate of drug-likeness (QED) is 0.420. The molecule has 3 aromatic carbocycles. The fourth-order valence-corrected chi connectivity index (χ4v) is 7.56. The molecule has 174 valence electrons. The molecule has 0 unspecified atom stereocenters. The molecule has 0 heterocycles. The molecule has 4 bridgehead atoms. The van der Waals surface area contributed by atoms with Crippen LogP contribution in [0.15, 0.2) is 54.6 Å². The van der Waals surface area contributed by atoms with Gasteiger partial charge < -0.3 is 9.47 Å². The highest BCUT2D eigenvalue weighted by molar-refractivity contribution is 5.97. The molecule has 4 aliphatic carbocycles. The fourth-order valence-electron chi connectivity index (χ4n) is 7.56. The Kier molecular flexibility index (Phi) is 5.02. The van der Waals surface area contributed by atoms with E-state index < -0.39 is 0 Å². The van der Waals surface area contributed by atoms with Crippen molar-refractivity contribution < 1.29 is 19.1 Å². The van der Waals surface area contributed by atoms with E-state index in [4.69, 9.17) is 9.47 Å². The number of hydrogen-bond donors (Lipinski definition) is 0. The minimum atomic E-state index is -0.329. The van der Waals surface area contributed by atoms with Gasteiger partial charge in [-0.2, -0.15) is 0 Å². The van der Waals surface area contributed by atoms with E-state index in [0.717, 1.165) is 45.2 Å². The molecule has 34 heavy (non-hydrogen) atoms. The van der Waals surface area contributed by atoms with Crippen LogP contribution < -0.4 is 0 Å². The van der Waals surface area contributed by atoms with E-state index in [9.17, 15) is 9.59 Å². The highest BCUT2D eigenvalue weighted by Crippen LogP contribution is 2.61. The molecule has 0 amide bonds. The molecule has 4 aliphatic rings. The summed E-state index contributed by atoms with van der Waals surface area (Å²) in [6.45, 7) is 0. The number of carbonyl (C=O) groups excluding carboxylic acids is 2. The summed E-state index contributed by atoms with van der Waals surface area (Å²) in [6.07, 6.45) is 7.68. The van der Waals surface area contributed by atoms with Gasteiger partial charge in [0.2, 0.25) is 0 Å². The maximum absolute atomic E-state index is 12.8. The van der Waals surface area contributed by atoms with Crippen LogP contribution in [0.4, 0.5) is 0 Å². The standard InChI is InChI=1S/C30H30O4/c1-33-28(31)25-6-5-21-12-22(3-4-23(21)13-25)24-7-8-26(29(32)34-2)27(14-24)30-15-18-9-19(16-30)11-20(10-18)17-30/h3-8,12-14,18-20H,9-11,15-17H2,1-2H3. The molecule has 0 spiro atoms. The number of esters is 2. The first kappa shape index (κ1) is 21.4. The third kappa shape index (κ3) is 3.43. The second-order valence-electron chi connectivity index (χ2n) is 10.7. The lowest BCUT2D eigenvalue weighted by Gasteiger charge is -2.57. The zero-order chi connectivity index (χ0) is 23.4. The predicted molar refractivity (Wildman–Crippen MR) is 132 cm³/mol. The van der Waals surface area contributed by atoms with Crippen LogP contribution in [0.1, 0.15) is 64.8 Å². The van der Waals surface area contributed by atoms with Crippen molar-refractivity contribution in [2.75, 3.05) is 14.2 Å². The second kappa shape index (κ2) is 7.97. The van der Waals surface area contributed by atoms with E-state index in [-0.39, 0.29) is 17.4 Å². The Bertz CT molecular complexity index is 1270. The summed E-state index contributed by atoms with van der Waals surface area (Å²) < 4.78 is 10.1. The molecule has 3 aromatic rings. The van der Waals surface area contributed by atoms with Crippen LogP contribution in [0.25, 0.3) is 21.9 Å². The van der Waals surface area contributed by atoms with Crippen LogP contribution in [0.5, 0.6) is 0 Å². The molecule has 0 atom stereocenters. The minimum absolute atomic E-state index is 0.0978. The summed E-state index contributed by atoms with van der Waals surface area (Å²) >= 11 is 0. The summed E-state index contributed by atoms with van der Waals surface area (Å²) in [5.41, 5.74) is 4.81. The van der Waals surface area contributed by atoms with Crippen LogP contribution in [0, 0.1) is 17.8 Å². The Morgan fingerprint density at radius 2 is 1.26 bits per heavy atom. The molecule has 4 heteroatoms. The van der Waals surface area contributed by atoms with Crippen LogP contribution in [0.3, 0.4) is 0 Å². The van der Waals surface area contributed by atoms with Gasteiger partial charge in [-0.1, -0.05) is 24.3 Å². The zero-order valence-corrected chi connectivity index (χ0v) is 19.8. The van der Waals surface area contributed by atoms with E-state index in [1.165, 1.54) is 58.3 Å². The highest BCUT2D eigenvalue weighted by Gasteiger charge is 2.52. The summed E-state index contributed by atoms with van der Waals surface area (Å²) in [4.78, 5) is 24.7. The van der Waals surface area contributed by atoms with Crippen molar-refractivity contribution in [2.24, 2.45) is 17.8 Å². The molecule has 7 rings (SSSR count). The van der Waals surface area contributed by atoms with Gasteiger partial charge in [-0.05, 0) is 119 Å². The van der Waals surface area contributed by atoms with Gasteiger partial charge >= 0.3 is 11.9 Å². The van der Waals surface area contributed by atoms with Crippen LogP contribution in [-0.2, 0) is 14.9 Å². The van der Waals surface area contributed by atoms with E-state index in [2.05, 4.69) is 24.3 Å². The summed E-state index contributed by atoms with van der Waals surface area (Å²) in [6, 6.07) is 18.2. The molecule has 0 aromatic heterocycles. The van der Waals surface area contributed by atoms with E-state index >= 15 is 0 Å². The van der Waals surface area contributed by atoms with Gasteiger partial charge in [-0.15, -0.1) is 0 Å². The lowest BCUT2D eigenvalue weighted by atomic mass is 9.47. The van der Waals surface area contributed by atoms with Crippen molar-refractivity contribution in [1.29, 1.82) is 0 Å². The van der Waals surface area contributed by atoms with E-state index in [0.29, 0.717) is 5.56 Å². The largest absolute Gasteiger partial charge is 0.465 e. The summed E-state index contributed by atoms with van der Waals surface area (Å²) in [7, 11) is 2.88. The molecular formula is C30H30O4. The maximum atomic E-state index is 12.8. The van der Waals surface area contributed by atoms with Gasteiger partial charge in [0.25, 0.3) is 0 Å². The van der Waals surface area contributed by atoms with Crippen molar-refractivity contribution in [1.82, 2.24) is 0 Å². The van der Waals surface area contributed by atoms with Crippen molar-refractivity contribution in [3.63, 3.8) is 0 Å². The number of fused-ring (bicyclic) bond motifs is 1. The number of ether oxygens (including phenoxy) is 2. The molecule has 4 saturated carbocycles. The van der Waals surface area contributed by atoms with Crippen molar-refractivity contribution in [3.05, 3.63) is 71.3 Å². The lowest BCUT2D eigenvalue weighted by Crippen LogP contribution is -2.49. The summed E-state index contributed by atoms with van der Waals surface area (Å²) in [5, 5.41) is 2.07. The first-order valence-corrected chi connectivity index (χ1v) is 12.3. The average Bonchev–Trinajstić information content (AvgIpc) is 2.86. The molecule has 0 aliphatic heterocycles. The third-order valence-corrected chi connectivity index (χ3v) is 8.63. The van der Waals surface area contributed by atoms with Crippen LogP contribution in [-0.4, -0.2) is 26.2 Å². The Labute approximate surface area is 200 Å². The van der Waals surface area contributed by atoms with Crippen molar-refractivity contribution in [3.8, 4) is 11.1 Å². The monoisotopic (exact) mass is 454 g/mol. The molecular weight excluding hydrogens is 424 g/mol. The first-order chi connectivity index (χ1) is 16.5. The predicted octanol–water partition coefficient (Wildman–Crippen LogP) is 6.55. The van der Waals surface area contributed by atoms with Gasteiger partial charge in [-0.25, -0.2) is 9.59 Å². The first-order valence-electron chi connectivity index (χ1n) is 12.3. The van der Waals surface area contributed by atoms with Gasteiger partial charge in [0, 0.05) is 0 Å². The smallest absolute Gasteiger partial charge is 0.338 e. The molecule has 0 N–H and O–H groups in total. The number of hydrogen-bond acceptors (Lipinski definition) is 4. The number of benzene rings is 3. The van der Waals surface area contributed by atoms with Gasteiger partial charge in [0.15, 0.2) is 0 Å². The van der Waals surface area contributed by atoms with E-state index in [1.54, 1.807) is 6.07 Å². The van der Waals surface area contributed by atoms with Crippen molar-refractivity contribution >= 4 is 22.7 Å². The Hall–Kier alpha value is -3.14. The summed E-state index contributed by atoms with van der Waals surface area (Å²) in [5.74, 6) is 1.83. The van der Waals surface area contributed by atoms with E-state index in [1.807, 2.05) is 24.3 Å². The Morgan fingerprint density at radius 1 is 0.706 bits per heavy atom. The lowest BCUT2D eigenvalue weighted by molar-refractivity contribution is -0.00591. The van der Waals surface area contributed by atoms with Crippen molar-refractivity contribution in [2.45, 2.75) is 43.9 Å². The SMILES string of the molecule is COC(=O)c1ccc2cc(-c3ccc(C(=O)OC)c(C45CC6CC(CC(C6)C4)C5)c3)ccc2c1. The topological polar surface area (TPSA) is 52.6 Å².